The molecule has 1 N–H and O–H groups in total. The molecule has 0 saturated carbocycles. The SMILES string of the molecule is O=C(Nc1cc(Cl)ccc1N1CCCCC1)c1cc([N+](=O)[O-])ccc1N1CCOCC1. The van der Waals surface area contributed by atoms with Gasteiger partial charge in [0.25, 0.3) is 11.6 Å². The third-order valence-electron chi connectivity index (χ3n) is 5.69. The molecule has 2 heterocycles. The molecule has 2 aliphatic heterocycles. The summed E-state index contributed by atoms with van der Waals surface area (Å²) < 4.78 is 5.40. The first-order valence-electron chi connectivity index (χ1n) is 10.5. The normalized spacial score (nSPS) is 16.8. The fourth-order valence-electron chi connectivity index (χ4n) is 4.11. The zero-order chi connectivity index (χ0) is 21.8. The van der Waals surface area contributed by atoms with Crippen molar-refractivity contribution in [3.05, 3.63) is 57.1 Å². The van der Waals surface area contributed by atoms with Crippen LogP contribution in [0.25, 0.3) is 0 Å². The number of hydrogen-bond donors (Lipinski definition) is 1. The van der Waals surface area contributed by atoms with Crippen LogP contribution in [0.1, 0.15) is 29.6 Å². The van der Waals surface area contributed by atoms with Crippen molar-refractivity contribution in [2.24, 2.45) is 0 Å². The summed E-state index contributed by atoms with van der Waals surface area (Å²) in [5.74, 6) is -0.397. The first-order chi connectivity index (χ1) is 15.0. The molecular weight excluding hydrogens is 420 g/mol. The van der Waals surface area contributed by atoms with Crippen molar-refractivity contribution < 1.29 is 14.5 Å². The zero-order valence-electron chi connectivity index (χ0n) is 17.2. The van der Waals surface area contributed by atoms with Gasteiger partial charge in [-0.25, -0.2) is 0 Å². The number of nitro groups is 1. The smallest absolute Gasteiger partial charge is 0.270 e. The molecule has 9 heteroatoms. The van der Waals surface area contributed by atoms with Crippen molar-refractivity contribution in [2.45, 2.75) is 19.3 Å². The number of carbonyl (C=O) groups excluding carboxylic acids is 1. The molecule has 31 heavy (non-hydrogen) atoms. The van der Waals surface area contributed by atoms with E-state index in [1.54, 1.807) is 12.1 Å². The standard InChI is InChI=1S/C22H25ClN4O4/c23-16-4-6-21(25-8-2-1-3-9-25)19(14-16)24-22(28)18-15-17(27(29)30)5-7-20(18)26-10-12-31-13-11-26/h4-7,14-15H,1-3,8-13H2,(H,24,28). The molecule has 2 aromatic carbocycles. The highest BCUT2D eigenvalue weighted by molar-refractivity contribution is 6.31. The molecule has 1 amide bonds. The van der Waals surface area contributed by atoms with E-state index in [9.17, 15) is 14.9 Å². The Morgan fingerprint density at radius 1 is 0.968 bits per heavy atom. The average molecular weight is 445 g/mol. The van der Waals surface area contributed by atoms with Crippen LogP contribution < -0.4 is 15.1 Å². The van der Waals surface area contributed by atoms with Crippen molar-refractivity contribution in [3.8, 4) is 0 Å². The summed E-state index contributed by atoms with van der Waals surface area (Å²) >= 11 is 6.22. The molecule has 2 aromatic rings. The topological polar surface area (TPSA) is 88.0 Å². The minimum absolute atomic E-state index is 0.121. The van der Waals surface area contributed by atoms with Gasteiger partial charge in [-0.05, 0) is 43.5 Å². The number of nitro benzene ring substituents is 1. The van der Waals surface area contributed by atoms with Crippen molar-refractivity contribution in [1.82, 2.24) is 0 Å². The van der Waals surface area contributed by atoms with Crippen molar-refractivity contribution in [3.63, 3.8) is 0 Å². The molecule has 8 nitrogen and oxygen atoms in total. The minimum Gasteiger partial charge on any atom is -0.378 e. The number of ether oxygens (including phenoxy) is 1. The van der Waals surface area contributed by atoms with E-state index in [1.807, 2.05) is 17.0 Å². The van der Waals surface area contributed by atoms with Gasteiger partial charge in [0.2, 0.25) is 0 Å². The van der Waals surface area contributed by atoms with E-state index in [-0.39, 0.29) is 11.3 Å². The highest BCUT2D eigenvalue weighted by Gasteiger charge is 2.24. The van der Waals surface area contributed by atoms with Crippen LogP contribution in [0.5, 0.6) is 0 Å². The Morgan fingerprint density at radius 3 is 2.35 bits per heavy atom. The summed E-state index contributed by atoms with van der Waals surface area (Å²) in [6.45, 7) is 4.17. The summed E-state index contributed by atoms with van der Waals surface area (Å²) in [6, 6.07) is 9.87. The fraction of sp³-hybridized carbons (Fsp3) is 0.409. The first kappa shape index (κ1) is 21.4. The first-order valence-corrected chi connectivity index (χ1v) is 10.9. The molecule has 0 bridgehead atoms. The molecule has 2 aliphatic rings. The molecule has 2 fully saturated rings. The van der Waals surface area contributed by atoms with Crippen molar-refractivity contribution in [1.29, 1.82) is 0 Å². The van der Waals surface area contributed by atoms with E-state index in [0.717, 1.165) is 31.6 Å². The third-order valence-corrected chi connectivity index (χ3v) is 5.93. The van der Waals surface area contributed by atoms with Crippen molar-refractivity contribution >= 4 is 40.3 Å². The number of halogens is 1. The van der Waals surface area contributed by atoms with Gasteiger partial charge in [0.1, 0.15) is 0 Å². The maximum absolute atomic E-state index is 13.3. The number of anilines is 3. The number of benzene rings is 2. The van der Waals surface area contributed by atoms with Crippen LogP contribution in [-0.4, -0.2) is 50.2 Å². The second-order valence-electron chi connectivity index (χ2n) is 7.72. The monoisotopic (exact) mass is 444 g/mol. The second kappa shape index (κ2) is 9.53. The number of nitrogens with zero attached hydrogens (tertiary/aromatic N) is 3. The zero-order valence-corrected chi connectivity index (χ0v) is 17.9. The Hall–Kier alpha value is -2.84. The highest BCUT2D eigenvalue weighted by atomic mass is 35.5. The van der Waals surface area contributed by atoms with E-state index in [2.05, 4.69) is 10.2 Å². The summed E-state index contributed by atoms with van der Waals surface area (Å²) in [5, 5.41) is 14.8. The van der Waals surface area contributed by atoms with E-state index in [1.165, 1.54) is 18.6 Å². The summed E-state index contributed by atoms with van der Waals surface area (Å²) in [6.07, 6.45) is 3.40. The highest BCUT2D eigenvalue weighted by Crippen LogP contribution is 2.33. The van der Waals surface area contributed by atoms with Gasteiger partial charge in [-0.2, -0.15) is 0 Å². The number of amides is 1. The number of nitrogens with one attached hydrogen (secondary N) is 1. The summed E-state index contributed by atoms with van der Waals surface area (Å²) in [7, 11) is 0. The molecule has 0 aromatic heterocycles. The lowest BCUT2D eigenvalue weighted by atomic mass is 10.1. The minimum atomic E-state index is -0.488. The van der Waals surface area contributed by atoms with Gasteiger partial charge >= 0.3 is 0 Å². The third kappa shape index (κ3) is 4.91. The van der Waals surface area contributed by atoms with Crippen LogP contribution in [-0.2, 0) is 4.74 Å². The second-order valence-corrected chi connectivity index (χ2v) is 8.16. The van der Waals surface area contributed by atoms with E-state index >= 15 is 0 Å². The van der Waals surface area contributed by atoms with E-state index in [0.29, 0.717) is 42.7 Å². The maximum atomic E-state index is 13.3. The van der Waals surface area contributed by atoms with Crippen LogP contribution >= 0.6 is 11.6 Å². The van der Waals surface area contributed by atoms with Crippen LogP contribution in [0.4, 0.5) is 22.7 Å². The Bertz CT molecular complexity index is 972. The quantitative estimate of drug-likeness (QED) is 0.545. The predicted molar refractivity (Wildman–Crippen MR) is 122 cm³/mol. The Labute approximate surface area is 185 Å². The summed E-state index contributed by atoms with van der Waals surface area (Å²) in [5.41, 5.74) is 2.33. The van der Waals surface area contributed by atoms with Gasteiger partial charge in [0.15, 0.2) is 0 Å². The summed E-state index contributed by atoms with van der Waals surface area (Å²) in [4.78, 5) is 28.5. The van der Waals surface area contributed by atoms with Crippen LogP contribution in [0.15, 0.2) is 36.4 Å². The fourth-order valence-corrected chi connectivity index (χ4v) is 4.28. The number of rotatable bonds is 5. The molecular formula is C22H25ClN4O4. The molecule has 0 spiro atoms. The number of piperidine rings is 1. The van der Waals surface area contributed by atoms with Gasteiger partial charge in [-0.3, -0.25) is 14.9 Å². The van der Waals surface area contributed by atoms with Gasteiger partial charge in [0.05, 0.1) is 40.8 Å². The van der Waals surface area contributed by atoms with Crippen LogP contribution in [0, 0.1) is 10.1 Å². The number of non-ortho nitro benzene ring substituents is 1. The number of carbonyl (C=O) groups is 1. The molecule has 0 atom stereocenters. The van der Waals surface area contributed by atoms with Gasteiger partial charge in [0, 0.05) is 43.3 Å². The average Bonchev–Trinajstić information content (AvgIpc) is 2.80. The van der Waals surface area contributed by atoms with Gasteiger partial charge in [-0.1, -0.05) is 11.6 Å². The number of hydrogen-bond acceptors (Lipinski definition) is 6. The predicted octanol–water partition coefficient (Wildman–Crippen LogP) is 4.33. The molecule has 0 unspecified atom stereocenters. The Kier molecular flexibility index (Phi) is 6.58. The van der Waals surface area contributed by atoms with E-state index < -0.39 is 10.8 Å². The molecule has 2 saturated heterocycles. The van der Waals surface area contributed by atoms with E-state index in [4.69, 9.17) is 16.3 Å². The Balaban J connectivity index is 1.67. The van der Waals surface area contributed by atoms with Gasteiger partial charge < -0.3 is 19.9 Å². The maximum Gasteiger partial charge on any atom is 0.270 e. The van der Waals surface area contributed by atoms with Crippen LogP contribution in [0.3, 0.4) is 0 Å². The van der Waals surface area contributed by atoms with Crippen LogP contribution in [0.2, 0.25) is 5.02 Å². The molecule has 164 valence electrons. The molecule has 4 rings (SSSR count). The molecule has 0 radical (unpaired) electrons. The molecule has 0 aliphatic carbocycles. The van der Waals surface area contributed by atoms with Gasteiger partial charge in [-0.15, -0.1) is 0 Å². The lowest BCUT2D eigenvalue weighted by Crippen LogP contribution is -2.37. The lowest BCUT2D eigenvalue weighted by Gasteiger charge is -2.31. The van der Waals surface area contributed by atoms with Crippen molar-refractivity contribution in [2.75, 3.05) is 54.5 Å². The Morgan fingerprint density at radius 2 is 1.65 bits per heavy atom. The number of morpholine rings is 1. The largest absolute Gasteiger partial charge is 0.378 e. The lowest BCUT2D eigenvalue weighted by molar-refractivity contribution is -0.384.